The number of hydrogen-bond acceptors (Lipinski definition) is 2. The maximum absolute atomic E-state index is 4.35. The SMILES string of the molecule is CCN(C)CCNC(=NC)N(C)Cc1ccccc1C.I. The van der Waals surface area contributed by atoms with Crippen LogP contribution in [-0.2, 0) is 6.54 Å². The molecular weight excluding hydrogens is 375 g/mol. The molecule has 0 saturated heterocycles. The van der Waals surface area contributed by atoms with Gasteiger partial charge in [0.2, 0.25) is 0 Å². The van der Waals surface area contributed by atoms with Crippen molar-refractivity contribution in [1.29, 1.82) is 0 Å². The molecule has 0 saturated carbocycles. The van der Waals surface area contributed by atoms with E-state index in [1.54, 1.807) is 0 Å². The van der Waals surface area contributed by atoms with Crippen molar-refractivity contribution in [3.8, 4) is 0 Å². The van der Waals surface area contributed by atoms with Crippen LogP contribution in [0.25, 0.3) is 0 Å². The highest BCUT2D eigenvalue weighted by Crippen LogP contribution is 2.09. The van der Waals surface area contributed by atoms with Crippen molar-refractivity contribution in [2.24, 2.45) is 4.99 Å². The number of nitrogens with one attached hydrogen (secondary N) is 1. The molecule has 0 aliphatic rings. The lowest BCUT2D eigenvalue weighted by molar-refractivity contribution is 0.353. The van der Waals surface area contributed by atoms with E-state index in [4.69, 9.17) is 0 Å². The van der Waals surface area contributed by atoms with Crippen LogP contribution in [0.5, 0.6) is 0 Å². The molecule has 0 heterocycles. The van der Waals surface area contributed by atoms with E-state index in [0.29, 0.717) is 0 Å². The predicted octanol–water partition coefficient (Wildman–Crippen LogP) is 2.57. The van der Waals surface area contributed by atoms with Crippen LogP contribution < -0.4 is 5.32 Å². The largest absolute Gasteiger partial charge is 0.355 e. The van der Waals surface area contributed by atoms with Crippen LogP contribution in [0.2, 0.25) is 0 Å². The lowest BCUT2D eigenvalue weighted by atomic mass is 10.1. The molecule has 0 aromatic heterocycles. The van der Waals surface area contributed by atoms with Gasteiger partial charge < -0.3 is 15.1 Å². The van der Waals surface area contributed by atoms with Crippen molar-refractivity contribution in [3.63, 3.8) is 0 Å². The minimum atomic E-state index is 0. The lowest BCUT2D eigenvalue weighted by Gasteiger charge is -2.24. The summed E-state index contributed by atoms with van der Waals surface area (Å²) in [5, 5.41) is 3.41. The highest BCUT2D eigenvalue weighted by molar-refractivity contribution is 14.0. The summed E-state index contributed by atoms with van der Waals surface area (Å²) in [6.45, 7) is 8.19. The molecular formula is C16H29IN4. The first-order chi connectivity index (χ1) is 9.58. The summed E-state index contributed by atoms with van der Waals surface area (Å²) >= 11 is 0. The molecule has 1 rings (SSSR count). The minimum Gasteiger partial charge on any atom is -0.355 e. The molecule has 0 atom stereocenters. The summed E-state index contributed by atoms with van der Waals surface area (Å²) in [5.41, 5.74) is 2.66. The number of hydrogen-bond donors (Lipinski definition) is 1. The number of nitrogens with zero attached hydrogens (tertiary/aromatic N) is 3. The van der Waals surface area contributed by atoms with Gasteiger partial charge in [-0.25, -0.2) is 0 Å². The van der Waals surface area contributed by atoms with Gasteiger partial charge in [0.25, 0.3) is 0 Å². The van der Waals surface area contributed by atoms with E-state index in [-0.39, 0.29) is 24.0 Å². The Labute approximate surface area is 146 Å². The van der Waals surface area contributed by atoms with Crippen LogP contribution in [0.4, 0.5) is 0 Å². The van der Waals surface area contributed by atoms with Gasteiger partial charge in [0.15, 0.2) is 5.96 Å². The number of guanidine groups is 1. The quantitative estimate of drug-likeness (QED) is 0.449. The monoisotopic (exact) mass is 404 g/mol. The Kier molecular flexibility index (Phi) is 10.4. The van der Waals surface area contributed by atoms with Crippen LogP contribution in [0.15, 0.2) is 29.3 Å². The van der Waals surface area contributed by atoms with Gasteiger partial charge >= 0.3 is 0 Å². The molecule has 0 fully saturated rings. The third kappa shape index (κ3) is 7.13. The summed E-state index contributed by atoms with van der Waals surface area (Å²) in [6, 6.07) is 8.48. The fourth-order valence-corrected chi connectivity index (χ4v) is 2.02. The number of aryl methyl sites for hydroxylation is 1. The van der Waals surface area contributed by atoms with Crippen LogP contribution >= 0.6 is 24.0 Å². The van der Waals surface area contributed by atoms with Crippen LogP contribution in [-0.4, -0.2) is 56.5 Å². The molecule has 5 heteroatoms. The van der Waals surface area contributed by atoms with Crippen LogP contribution in [0.1, 0.15) is 18.1 Å². The Balaban J connectivity index is 0.00000400. The molecule has 4 nitrogen and oxygen atoms in total. The molecule has 0 amide bonds. The summed E-state index contributed by atoms with van der Waals surface area (Å²) in [6.07, 6.45) is 0. The Morgan fingerprint density at radius 1 is 1.24 bits per heavy atom. The molecule has 0 radical (unpaired) electrons. The molecule has 0 aliphatic carbocycles. The van der Waals surface area contributed by atoms with Crippen LogP contribution in [0.3, 0.4) is 0 Å². The number of aliphatic imine (C=N–C) groups is 1. The summed E-state index contributed by atoms with van der Waals surface area (Å²) in [4.78, 5) is 8.79. The van der Waals surface area contributed by atoms with E-state index >= 15 is 0 Å². The molecule has 0 aliphatic heterocycles. The number of rotatable bonds is 6. The first-order valence-electron chi connectivity index (χ1n) is 7.23. The smallest absolute Gasteiger partial charge is 0.193 e. The standard InChI is InChI=1S/C16H28N4.HI/c1-6-19(4)12-11-18-16(17-3)20(5)13-15-10-8-7-9-14(15)2;/h7-10H,6,11-13H2,1-5H3,(H,17,18);1H. The number of likely N-dealkylation sites (N-methyl/N-ethyl adjacent to an activating group) is 1. The Bertz CT molecular complexity index is 434. The molecule has 0 spiro atoms. The maximum atomic E-state index is 4.35. The zero-order valence-corrected chi connectivity index (χ0v) is 16.2. The molecule has 1 N–H and O–H groups in total. The van der Waals surface area contributed by atoms with E-state index in [2.05, 4.69) is 72.3 Å². The van der Waals surface area contributed by atoms with Crippen LogP contribution in [0, 0.1) is 6.92 Å². The number of halogens is 1. The van der Waals surface area contributed by atoms with Crippen molar-refractivity contribution >= 4 is 29.9 Å². The van der Waals surface area contributed by atoms with E-state index in [1.807, 2.05) is 7.05 Å². The van der Waals surface area contributed by atoms with Gasteiger partial charge in [-0.05, 0) is 31.6 Å². The number of benzene rings is 1. The van der Waals surface area contributed by atoms with Crippen molar-refractivity contribution in [3.05, 3.63) is 35.4 Å². The van der Waals surface area contributed by atoms with Gasteiger partial charge in [0.1, 0.15) is 0 Å². The van der Waals surface area contributed by atoms with Gasteiger partial charge in [0.05, 0.1) is 0 Å². The van der Waals surface area contributed by atoms with Gasteiger partial charge in [0, 0.05) is 33.7 Å². The summed E-state index contributed by atoms with van der Waals surface area (Å²) in [5.74, 6) is 0.942. The van der Waals surface area contributed by atoms with Gasteiger partial charge in [-0.2, -0.15) is 0 Å². The van der Waals surface area contributed by atoms with Gasteiger partial charge in [-0.1, -0.05) is 31.2 Å². The van der Waals surface area contributed by atoms with Crippen molar-refractivity contribution in [2.75, 3.05) is 40.8 Å². The molecule has 0 bridgehead atoms. The Morgan fingerprint density at radius 2 is 1.90 bits per heavy atom. The average Bonchev–Trinajstić information content (AvgIpc) is 2.45. The van der Waals surface area contributed by atoms with Gasteiger partial charge in [-0.3, -0.25) is 4.99 Å². The Morgan fingerprint density at radius 3 is 2.48 bits per heavy atom. The first-order valence-corrected chi connectivity index (χ1v) is 7.23. The van der Waals surface area contributed by atoms with E-state index < -0.39 is 0 Å². The highest BCUT2D eigenvalue weighted by Gasteiger charge is 2.07. The third-order valence-corrected chi connectivity index (χ3v) is 3.56. The summed E-state index contributed by atoms with van der Waals surface area (Å²) in [7, 11) is 6.03. The molecule has 21 heavy (non-hydrogen) atoms. The van der Waals surface area contributed by atoms with E-state index in [0.717, 1.165) is 32.1 Å². The average molecular weight is 404 g/mol. The summed E-state index contributed by atoms with van der Waals surface area (Å²) < 4.78 is 0. The second-order valence-electron chi connectivity index (χ2n) is 5.15. The molecule has 120 valence electrons. The third-order valence-electron chi connectivity index (χ3n) is 3.56. The normalized spacial score (nSPS) is 11.2. The molecule has 1 aromatic rings. The van der Waals surface area contributed by atoms with Crippen molar-refractivity contribution in [1.82, 2.24) is 15.1 Å². The second kappa shape index (κ2) is 10.8. The first kappa shape index (κ1) is 20.2. The molecule has 0 unspecified atom stereocenters. The highest BCUT2D eigenvalue weighted by atomic mass is 127. The molecule has 1 aromatic carbocycles. The topological polar surface area (TPSA) is 30.9 Å². The van der Waals surface area contributed by atoms with E-state index in [9.17, 15) is 0 Å². The van der Waals surface area contributed by atoms with Crippen molar-refractivity contribution in [2.45, 2.75) is 20.4 Å². The zero-order chi connectivity index (χ0) is 15.0. The Hall–Kier alpha value is -0.820. The maximum Gasteiger partial charge on any atom is 0.193 e. The van der Waals surface area contributed by atoms with E-state index in [1.165, 1.54) is 11.1 Å². The fraction of sp³-hybridized carbons (Fsp3) is 0.562. The second-order valence-corrected chi connectivity index (χ2v) is 5.15. The predicted molar refractivity (Wildman–Crippen MR) is 103 cm³/mol. The minimum absolute atomic E-state index is 0. The lowest BCUT2D eigenvalue weighted by Crippen LogP contribution is -2.41. The van der Waals surface area contributed by atoms with Crippen molar-refractivity contribution < 1.29 is 0 Å². The van der Waals surface area contributed by atoms with Gasteiger partial charge in [-0.15, -0.1) is 24.0 Å². The zero-order valence-electron chi connectivity index (χ0n) is 13.9. The fourth-order valence-electron chi connectivity index (χ4n) is 2.02.